The highest BCUT2D eigenvalue weighted by molar-refractivity contribution is 5.88. The Labute approximate surface area is 491 Å². The predicted octanol–water partition coefficient (Wildman–Crippen LogP) is 12.5. The molecule has 0 atom stereocenters. The number of nitrogens with one attached hydrogen (secondary N) is 2. The number of carbonyl (C=O) groups is 1. The number of benzene rings is 2. The van der Waals surface area contributed by atoms with E-state index in [9.17, 15) is 13.6 Å². The number of likely N-dealkylation sites (tertiary alicyclic amines) is 1. The molecule has 3 aromatic heterocycles. The molecule has 0 unspecified atom stereocenters. The lowest BCUT2D eigenvalue weighted by atomic mass is 9.91. The molecule has 454 valence electrons. The number of rotatable bonds is 24. The van der Waals surface area contributed by atoms with Gasteiger partial charge < -0.3 is 46.8 Å². The van der Waals surface area contributed by atoms with Crippen molar-refractivity contribution >= 4 is 30.5 Å². The topological polar surface area (TPSA) is 192 Å². The standard InChI is InChI=1S/C26H44N4.C25H27F2N3O2.C7H8.2C2H5N.2C2H6.CH2O2/c1-22(27)18-19-28-24(3)21-29-23(2)15-13-11-9-7-6-8-10-12-14-20-30-25(4)16-17-26(30)5;1-5-25(27)12-29(13-25)9-17-16-6-15(3)20(26)8-21(16)28-23-18(17)10-30-22(23)7-14(2)19(11-32-4)24(30)31;1-7-5-3-2-4-6-7;2*1-2-3;2*1-2;2-1-3/h16-17,28-29H,1-15,18-21,27H2;6-8H,5,9-13H2,1-4H3;2-6H,1H3;2*2H,1,3H2;2*1-2H3;1H,(H,2,3). The van der Waals surface area contributed by atoms with Crippen molar-refractivity contribution in [2.75, 3.05) is 33.3 Å². The van der Waals surface area contributed by atoms with Crippen LogP contribution in [0, 0.1) is 26.6 Å². The first-order valence-electron chi connectivity index (χ1n) is 28.9. The van der Waals surface area contributed by atoms with Crippen LogP contribution in [0.25, 0.3) is 35.4 Å². The first-order chi connectivity index (χ1) is 39.3. The SMILES string of the molecule is C=C(N)CCNC(=C)CNC(=C)CCCCCCCCCCCn1c(=C)ccc1=C.C=CN.C=CN.CC.CC.CCC1(F)CN(Cc2c3c(nc4cc(F)c(C)cc24)-c2cc(C)c(COC)c(=O)n2C3)C1.Cc1ccccc1.O=CO. The minimum atomic E-state index is -1.14. The first-order valence-corrected chi connectivity index (χ1v) is 28.9. The Hall–Kier alpha value is -7.23. The van der Waals surface area contributed by atoms with E-state index < -0.39 is 5.67 Å². The van der Waals surface area contributed by atoms with Gasteiger partial charge in [0.25, 0.3) is 12.0 Å². The van der Waals surface area contributed by atoms with E-state index in [1.54, 1.807) is 18.6 Å². The van der Waals surface area contributed by atoms with Gasteiger partial charge in [-0.3, -0.25) is 14.5 Å². The third-order valence-corrected chi connectivity index (χ3v) is 13.3. The van der Waals surface area contributed by atoms with E-state index >= 15 is 0 Å². The molecule has 2 aromatic carbocycles. The van der Waals surface area contributed by atoms with Crippen molar-refractivity contribution in [3.05, 3.63) is 183 Å². The second kappa shape index (κ2) is 42.6. The summed E-state index contributed by atoms with van der Waals surface area (Å²) in [5.74, 6) is -0.310. The Morgan fingerprint density at radius 3 is 1.84 bits per heavy atom. The molecule has 15 heteroatoms. The van der Waals surface area contributed by atoms with Gasteiger partial charge in [-0.05, 0) is 99.8 Å². The highest BCUT2D eigenvalue weighted by Crippen LogP contribution is 2.39. The van der Waals surface area contributed by atoms with Gasteiger partial charge in [-0.25, -0.2) is 13.8 Å². The van der Waals surface area contributed by atoms with Gasteiger partial charge in [0.1, 0.15) is 11.5 Å². The van der Waals surface area contributed by atoms with Crippen LogP contribution in [0.15, 0.2) is 128 Å². The van der Waals surface area contributed by atoms with Gasteiger partial charge in [0, 0.05) is 96.6 Å². The summed E-state index contributed by atoms with van der Waals surface area (Å²) in [4.78, 5) is 28.4. The molecule has 2 aliphatic rings. The van der Waals surface area contributed by atoms with Crippen molar-refractivity contribution in [2.45, 2.75) is 164 Å². The molecule has 0 amide bonds. The summed E-state index contributed by atoms with van der Waals surface area (Å²) in [6.07, 6.45) is 16.5. The van der Waals surface area contributed by atoms with E-state index in [1.165, 1.54) is 81.8 Å². The average Bonchev–Trinajstić information content (AvgIpc) is 4.19. The fourth-order valence-corrected chi connectivity index (χ4v) is 9.02. The Morgan fingerprint density at radius 1 is 0.805 bits per heavy atom. The van der Waals surface area contributed by atoms with E-state index in [-0.39, 0.29) is 24.5 Å². The third kappa shape index (κ3) is 26.6. The van der Waals surface area contributed by atoms with E-state index in [2.05, 4.69) is 96.7 Å². The summed E-state index contributed by atoms with van der Waals surface area (Å²) < 4.78 is 38.2. The highest BCUT2D eigenvalue weighted by Gasteiger charge is 2.42. The molecule has 5 heterocycles. The van der Waals surface area contributed by atoms with Gasteiger partial charge >= 0.3 is 0 Å². The van der Waals surface area contributed by atoms with Gasteiger partial charge in [0.2, 0.25) is 0 Å². The Balaban J connectivity index is 0.00000121. The molecule has 7 rings (SSSR count). The maximum atomic E-state index is 14.6. The number of allylic oxidation sites excluding steroid dienone is 1. The number of aromatic nitrogens is 3. The number of pyridine rings is 2. The quantitative estimate of drug-likeness (QED) is 0.0250. The molecular weight excluding hydrogens is 1030 g/mol. The normalized spacial score (nSPS) is 11.8. The number of hydrogen-bond donors (Lipinski definition) is 6. The number of aryl methyl sites for hydroxylation is 3. The zero-order chi connectivity index (χ0) is 62.2. The van der Waals surface area contributed by atoms with E-state index in [0.717, 1.165) is 75.8 Å². The number of halogens is 2. The highest BCUT2D eigenvalue weighted by atomic mass is 19.1. The van der Waals surface area contributed by atoms with E-state index in [1.807, 2.05) is 84.0 Å². The molecule has 1 fully saturated rings. The average molecular weight is 1140 g/mol. The lowest BCUT2D eigenvalue weighted by Crippen LogP contribution is -2.57. The van der Waals surface area contributed by atoms with Crippen molar-refractivity contribution < 1.29 is 23.4 Å². The zero-order valence-electron chi connectivity index (χ0n) is 51.5. The van der Waals surface area contributed by atoms with Crippen molar-refractivity contribution in [1.82, 2.24) is 29.7 Å². The van der Waals surface area contributed by atoms with Gasteiger partial charge in [-0.1, -0.05) is 162 Å². The van der Waals surface area contributed by atoms with Crippen LogP contribution in [0.5, 0.6) is 0 Å². The number of alkyl halides is 1. The van der Waals surface area contributed by atoms with E-state index in [0.29, 0.717) is 67.2 Å². The molecule has 0 radical (unpaired) electrons. The first kappa shape index (κ1) is 74.8. The molecule has 0 spiro atoms. The van der Waals surface area contributed by atoms with Gasteiger partial charge in [0.15, 0.2) is 0 Å². The summed E-state index contributed by atoms with van der Waals surface area (Å²) in [5, 5.41) is 16.5. The Morgan fingerprint density at radius 2 is 1.34 bits per heavy atom. The van der Waals surface area contributed by atoms with Crippen LogP contribution in [0.3, 0.4) is 0 Å². The smallest absolute Gasteiger partial charge is 0.290 e. The van der Waals surface area contributed by atoms with Gasteiger partial charge in [-0.2, -0.15) is 0 Å². The molecule has 0 aliphatic carbocycles. The number of ether oxygens (including phenoxy) is 1. The summed E-state index contributed by atoms with van der Waals surface area (Å²) >= 11 is 0. The number of hydrogen-bond acceptors (Lipinski definition) is 10. The number of nitrogens with zero attached hydrogens (tertiary/aromatic N) is 4. The number of nitrogens with two attached hydrogens (primary N) is 3. The van der Waals surface area contributed by atoms with E-state index in [4.69, 9.17) is 25.4 Å². The molecule has 0 bridgehead atoms. The number of methoxy groups -OCH3 is 1. The van der Waals surface area contributed by atoms with Crippen molar-refractivity contribution in [3.8, 4) is 11.4 Å². The Kier molecular flexibility index (Phi) is 38.8. The molecule has 82 heavy (non-hydrogen) atoms. The van der Waals surface area contributed by atoms with Crippen LogP contribution in [-0.4, -0.2) is 69.6 Å². The second-order valence-corrected chi connectivity index (χ2v) is 19.7. The molecule has 1 saturated heterocycles. The summed E-state index contributed by atoms with van der Waals surface area (Å²) in [7, 11) is 1.57. The monoisotopic (exact) mass is 1140 g/mol. The molecule has 9 N–H and O–H groups in total. The number of unbranched alkanes of at least 4 members (excludes halogenated alkanes) is 8. The van der Waals surface area contributed by atoms with Crippen molar-refractivity contribution in [2.24, 2.45) is 17.2 Å². The van der Waals surface area contributed by atoms with Crippen molar-refractivity contribution in [3.63, 3.8) is 0 Å². The molecule has 5 aromatic rings. The Bertz CT molecular complexity index is 2810. The fraction of sp³-hybridized carbons (Fsp3) is 0.448. The lowest BCUT2D eigenvalue weighted by molar-refractivity contribution is -0.122. The predicted molar refractivity (Wildman–Crippen MR) is 345 cm³/mol. The zero-order valence-corrected chi connectivity index (χ0v) is 51.5. The van der Waals surface area contributed by atoms with Gasteiger partial charge in [0.05, 0.1) is 36.6 Å². The van der Waals surface area contributed by atoms with Crippen LogP contribution in [0.4, 0.5) is 8.78 Å². The molecule has 0 saturated carbocycles. The minimum absolute atomic E-state index is 0.0880. The molecule has 2 aliphatic heterocycles. The largest absolute Gasteiger partial charge is 0.483 e. The molecular formula is C67H103F2N9O4. The van der Waals surface area contributed by atoms with Crippen LogP contribution < -0.4 is 44.1 Å². The lowest BCUT2D eigenvalue weighted by Gasteiger charge is -2.44. The number of carboxylic acid groups (broad SMARTS) is 1. The maximum absolute atomic E-state index is 14.6. The summed E-state index contributed by atoms with van der Waals surface area (Å²) in [6, 6.07) is 19.6. The minimum Gasteiger partial charge on any atom is -0.483 e. The van der Waals surface area contributed by atoms with Crippen molar-refractivity contribution in [1.29, 1.82) is 0 Å². The van der Waals surface area contributed by atoms with Crippen LogP contribution in [0.2, 0.25) is 0 Å². The summed E-state index contributed by atoms with van der Waals surface area (Å²) in [6.45, 7) is 46.0. The third-order valence-electron chi connectivity index (χ3n) is 13.3. The van der Waals surface area contributed by atoms with Crippen LogP contribution >= 0.6 is 0 Å². The fourth-order valence-electron chi connectivity index (χ4n) is 9.02. The van der Waals surface area contributed by atoms with Crippen LogP contribution in [0.1, 0.15) is 145 Å². The van der Waals surface area contributed by atoms with Gasteiger partial charge in [-0.15, -0.1) is 0 Å². The van der Waals surface area contributed by atoms with Crippen LogP contribution in [-0.2, 0) is 35.8 Å². The molecule has 13 nitrogen and oxygen atoms in total. The maximum Gasteiger partial charge on any atom is 0.290 e. The number of fused-ring (bicyclic) bond motifs is 4. The second-order valence-electron chi connectivity index (χ2n) is 19.7. The summed E-state index contributed by atoms with van der Waals surface area (Å²) in [5.41, 5.74) is 23.6.